The summed E-state index contributed by atoms with van der Waals surface area (Å²) in [6.45, 7) is 7.68. The molecule has 31 heavy (non-hydrogen) atoms. The molecule has 3 atom stereocenters. The van der Waals surface area contributed by atoms with Gasteiger partial charge in [0.05, 0.1) is 24.1 Å². The SMILES string of the molecule is CC(=O)c1ccc(-c2cn3c(n2)SC(c2ccc(N4C[C@@H](C)O[C@@H](C)C4)cc2)N3)cc1. The van der Waals surface area contributed by atoms with E-state index in [1.807, 2.05) is 35.1 Å². The lowest BCUT2D eigenvalue weighted by Gasteiger charge is -2.37. The number of anilines is 1. The molecule has 0 aliphatic carbocycles. The van der Waals surface area contributed by atoms with Gasteiger partial charge in [0.15, 0.2) is 10.9 Å². The van der Waals surface area contributed by atoms with E-state index in [4.69, 9.17) is 9.72 Å². The molecular weight excluding hydrogens is 408 g/mol. The van der Waals surface area contributed by atoms with Crippen LogP contribution in [0.1, 0.15) is 42.1 Å². The number of ether oxygens (including phenoxy) is 1. The first kappa shape index (κ1) is 20.2. The molecule has 1 saturated heterocycles. The Morgan fingerprint density at radius 3 is 2.35 bits per heavy atom. The standard InChI is InChI=1S/C24H26N4O2S/c1-15-12-27(13-16(2)30-15)21-10-8-20(9-11-21)23-26-28-14-22(25-24(28)31-23)19-6-4-18(5-7-19)17(3)29/h4-11,14-16,23,26H,12-13H2,1-3H3/t15-,16+,23?. The molecule has 1 fully saturated rings. The van der Waals surface area contributed by atoms with Gasteiger partial charge < -0.3 is 15.1 Å². The predicted molar refractivity (Wildman–Crippen MR) is 124 cm³/mol. The number of hydrogen-bond donors (Lipinski definition) is 1. The topological polar surface area (TPSA) is 59.4 Å². The van der Waals surface area contributed by atoms with Crippen LogP contribution in [0, 0.1) is 0 Å². The van der Waals surface area contributed by atoms with Gasteiger partial charge in [-0.15, -0.1) is 0 Å². The molecule has 160 valence electrons. The molecule has 3 heterocycles. The van der Waals surface area contributed by atoms with E-state index >= 15 is 0 Å². The Kier molecular flexibility index (Phi) is 5.24. The number of Topliss-reactive ketones (excluding diaryl/α,β-unsaturated/α-hetero) is 1. The quantitative estimate of drug-likeness (QED) is 0.600. The van der Waals surface area contributed by atoms with Crippen LogP contribution in [0.15, 0.2) is 59.9 Å². The van der Waals surface area contributed by atoms with Crippen LogP contribution in [0.2, 0.25) is 0 Å². The minimum atomic E-state index is 0.0719. The van der Waals surface area contributed by atoms with Crippen LogP contribution >= 0.6 is 11.8 Å². The summed E-state index contributed by atoms with van der Waals surface area (Å²) in [4.78, 5) is 18.6. The molecule has 0 amide bonds. The van der Waals surface area contributed by atoms with Crippen LogP contribution in [0.3, 0.4) is 0 Å². The first-order valence-corrected chi connectivity index (χ1v) is 11.5. The monoisotopic (exact) mass is 434 g/mol. The van der Waals surface area contributed by atoms with Gasteiger partial charge in [0.1, 0.15) is 5.37 Å². The van der Waals surface area contributed by atoms with Crippen molar-refractivity contribution in [3.8, 4) is 11.3 Å². The van der Waals surface area contributed by atoms with Crippen LogP contribution in [0.25, 0.3) is 11.3 Å². The second-order valence-corrected chi connectivity index (χ2v) is 9.37. The van der Waals surface area contributed by atoms with Crippen molar-refractivity contribution in [3.05, 3.63) is 65.9 Å². The van der Waals surface area contributed by atoms with Crippen LogP contribution in [-0.2, 0) is 4.74 Å². The van der Waals surface area contributed by atoms with Crippen molar-refractivity contribution in [2.45, 2.75) is 43.5 Å². The Balaban J connectivity index is 1.27. The normalized spacial score (nSPS) is 22.8. The lowest BCUT2D eigenvalue weighted by Crippen LogP contribution is -2.45. The van der Waals surface area contributed by atoms with E-state index in [1.165, 1.54) is 11.3 Å². The van der Waals surface area contributed by atoms with Crippen molar-refractivity contribution in [2.24, 2.45) is 0 Å². The molecule has 5 rings (SSSR count). The highest BCUT2D eigenvalue weighted by Gasteiger charge is 2.26. The number of thioether (sulfide) groups is 1. The summed E-state index contributed by atoms with van der Waals surface area (Å²) in [5, 5.41) is 1.07. The van der Waals surface area contributed by atoms with Gasteiger partial charge in [-0.1, -0.05) is 48.2 Å². The van der Waals surface area contributed by atoms with Gasteiger partial charge in [-0.05, 0) is 38.5 Å². The third-order valence-electron chi connectivity index (χ3n) is 5.72. The van der Waals surface area contributed by atoms with Gasteiger partial charge in [-0.3, -0.25) is 4.79 Å². The van der Waals surface area contributed by atoms with Gasteiger partial charge in [-0.2, -0.15) is 0 Å². The maximum atomic E-state index is 11.5. The van der Waals surface area contributed by atoms with E-state index in [1.54, 1.807) is 18.7 Å². The fourth-order valence-electron chi connectivity index (χ4n) is 4.20. The summed E-state index contributed by atoms with van der Waals surface area (Å²) in [6.07, 6.45) is 2.51. The number of aromatic nitrogens is 2. The number of benzene rings is 2. The lowest BCUT2D eigenvalue weighted by molar-refractivity contribution is -0.00521. The van der Waals surface area contributed by atoms with Crippen LogP contribution in [0.5, 0.6) is 0 Å². The van der Waals surface area contributed by atoms with Crippen molar-refractivity contribution in [3.63, 3.8) is 0 Å². The first-order valence-electron chi connectivity index (χ1n) is 10.6. The molecule has 2 aromatic carbocycles. The van der Waals surface area contributed by atoms with Gasteiger partial charge >= 0.3 is 0 Å². The van der Waals surface area contributed by atoms with E-state index in [9.17, 15) is 4.79 Å². The molecule has 3 aromatic rings. The van der Waals surface area contributed by atoms with Crippen molar-refractivity contribution in [1.82, 2.24) is 9.66 Å². The minimum absolute atomic E-state index is 0.0719. The number of nitrogens with zero attached hydrogens (tertiary/aromatic N) is 3. The molecule has 7 heteroatoms. The van der Waals surface area contributed by atoms with E-state index in [-0.39, 0.29) is 23.4 Å². The highest BCUT2D eigenvalue weighted by molar-refractivity contribution is 7.99. The minimum Gasteiger partial charge on any atom is -0.372 e. The van der Waals surface area contributed by atoms with Crippen molar-refractivity contribution < 1.29 is 9.53 Å². The third kappa shape index (κ3) is 4.07. The summed E-state index contributed by atoms with van der Waals surface area (Å²) >= 11 is 1.71. The van der Waals surface area contributed by atoms with Gasteiger partial charge in [-0.25, -0.2) is 9.66 Å². The Hall–Kier alpha value is -2.77. The second-order valence-electron chi connectivity index (χ2n) is 8.29. The summed E-state index contributed by atoms with van der Waals surface area (Å²) < 4.78 is 7.84. The number of hydrogen-bond acceptors (Lipinski definition) is 6. The average molecular weight is 435 g/mol. The Morgan fingerprint density at radius 2 is 1.74 bits per heavy atom. The second kappa shape index (κ2) is 8.05. The van der Waals surface area contributed by atoms with E-state index < -0.39 is 0 Å². The van der Waals surface area contributed by atoms with E-state index in [0.717, 1.165) is 29.5 Å². The number of imidazole rings is 1. The molecule has 6 nitrogen and oxygen atoms in total. The van der Waals surface area contributed by atoms with Gasteiger partial charge in [0, 0.05) is 29.9 Å². The predicted octanol–water partition coefficient (Wildman–Crippen LogP) is 4.71. The highest BCUT2D eigenvalue weighted by atomic mass is 32.2. The lowest BCUT2D eigenvalue weighted by atomic mass is 10.1. The number of nitrogens with one attached hydrogen (secondary N) is 1. The van der Waals surface area contributed by atoms with Crippen molar-refractivity contribution in [2.75, 3.05) is 23.4 Å². The number of morpholine rings is 1. The Morgan fingerprint density at radius 1 is 1.06 bits per heavy atom. The fraction of sp³-hybridized carbons (Fsp3) is 0.333. The fourth-order valence-corrected chi connectivity index (χ4v) is 5.24. The smallest absolute Gasteiger partial charge is 0.189 e. The molecule has 2 aliphatic heterocycles. The Labute approximate surface area is 186 Å². The summed E-state index contributed by atoms with van der Waals surface area (Å²) in [6, 6.07) is 16.4. The molecule has 0 spiro atoms. The van der Waals surface area contributed by atoms with Crippen LogP contribution < -0.4 is 10.3 Å². The molecule has 0 bridgehead atoms. The third-order valence-corrected chi connectivity index (χ3v) is 6.83. The molecule has 2 aliphatic rings. The van der Waals surface area contributed by atoms with Crippen molar-refractivity contribution >= 4 is 23.2 Å². The van der Waals surface area contributed by atoms with Crippen LogP contribution in [0.4, 0.5) is 5.69 Å². The molecular formula is C24H26N4O2S. The molecule has 1 unspecified atom stereocenters. The zero-order valence-electron chi connectivity index (χ0n) is 17.9. The first-order chi connectivity index (χ1) is 15.0. The summed E-state index contributed by atoms with van der Waals surface area (Å²) in [7, 11) is 0. The zero-order valence-corrected chi connectivity index (χ0v) is 18.7. The maximum absolute atomic E-state index is 11.5. The number of carbonyl (C=O) groups is 1. The maximum Gasteiger partial charge on any atom is 0.189 e. The molecule has 1 aromatic heterocycles. The molecule has 0 radical (unpaired) electrons. The van der Waals surface area contributed by atoms with Gasteiger partial charge in [0.2, 0.25) is 0 Å². The largest absolute Gasteiger partial charge is 0.372 e. The van der Waals surface area contributed by atoms with Gasteiger partial charge in [0.25, 0.3) is 0 Å². The average Bonchev–Trinajstić information content (AvgIpc) is 3.33. The summed E-state index contributed by atoms with van der Waals surface area (Å²) in [5.41, 5.74) is 8.59. The van der Waals surface area contributed by atoms with Crippen LogP contribution in [-0.4, -0.2) is 40.7 Å². The highest BCUT2D eigenvalue weighted by Crippen LogP contribution is 2.40. The Bertz CT molecular complexity index is 1060. The number of carbonyl (C=O) groups excluding carboxylic acids is 1. The number of rotatable bonds is 4. The molecule has 0 saturated carbocycles. The van der Waals surface area contributed by atoms with E-state index in [0.29, 0.717) is 5.56 Å². The molecule has 1 N–H and O–H groups in total. The zero-order chi connectivity index (χ0) is 21.5. The van der Waals surface area contributed by atoms with E-state index in [2.05, 4.69) is 48.4 Å². The summed E-state index contributed by atoms with van der Waals surface area (Å²) in [5.74, 6) is 0.0719. The number of fused-ring (bicyclic) bond motifs is 1. The number of ketones is 1. The van der Waals surface area contributed by atoms with Crippen molar-refractivity contribution in [1.29, 1.82) is 0 Å².